The molecule has 0 aliphatic heterocycles. The van der Waals surface area contributed by atoms with Crippen molar-refractivity contribution >= 4 is 6.29 Å². The van der Waals surface area contributed by atoms with Gasteiger partial charge < -0.3 is 4.74 Å². The van der Waals surface area contributed by atoms with Gasteiger partial charge >= 0.3 is 6.36 Å². The van der Waals surface area contributed by atoms with Crippen LogP contribution in [0.5, 0.6) is 5.75 Å². The predicted molar refractivity (Wildman–Crippen MR) is 66.5 cm³/mol. The Labute approximate surface area is 113 Å². The number of rotatable bonds is 3. The van der Waals surface area contributed by atoms with E-state index in [2.05, 4.69) is 9.72 Å². The molecule has 0 unspecified atom stereocenters. The summed E-state index contributed by atoms with van der Waals surface area (Å²) in [6, 6.07) is 7.42. The van der Waals surface area contributed by atoms with Crippen molar-refractivity contribution in [3.05, 3.63) is 47.8 Å². The molecular formula is C14H10F3NO2. The Kier molecular flexibility index (Phi) is 3.74. The Hall–Kier alpha value is -2.37. The van der Waals surface area contributed by atoms with E-state index in [1.807, 2.05) is 0 Å². The maximum Gasteiger partial charge on any atom is 0.573 e. The molecule has 2 aromatic rings. The third-order valence-electron chi connectivity index (χ3n) is 2.59. The molecular weight excluding hydrogens is 271 g/mol. The molecule has 0 amide bonds. The minimum Gasteiger partial charge on any atom is -0.405 e. The summed E-state index contributed by atoms with van der Waals surface area (Å²) in [5.74, 6) is -0.512. The zero-order valence-electron chi connectivity index (χ0n) is 10.4. The quantitative estimate of drug-likeness (QED) is 0.804. The molecule has 0 radical (unpaired) electrons. The van der Waals surface area contributed by atoms with Crippen LogP contribution >= 0.6 is 0 Å². The van der Waals surface area contributed by atoms with Gasteiger partial charge in [-0.05, 0) is 42.3 Å². The molecule has 0 atom stereocenters. The lowest BCUT2D eigenvalue weighted by Crippen LogP contribution is -2.18. The van der Waals surface area contributed by atoms with Gasteiger partial charge in [0.2, 0.25) is 0 Å². The van der Waals surface area contributed by atoms with E-state index in [-0.39, 0.29) is 5.56 Å². The SMILES string of the molecule is Cc1cc(-c2ccc(OC(F)(F)F)c(C=O)c2)ccn1. The van der Waals surface area contributed by atoms with Crippen molar-refractivity contribution in [2.45, 2.75) is 13.3 Å². The van der Waals surface area contributed by atoms with Crippen molar-refractivity contribution < 1.29 is 22.7 Å². The summed E-state index contributed by atoms with van der Waals surface area (Å²) in [6.07, 6.45) is -2.91. The summed E-state index contributed by atoms with van der Waals surface area (Å²) in [7, 11) is 0. The van der Waals surface area contributed by atoms with Crippen LogP contribution in [0.4, 0.5) is 13.2 Å². The number of aryl methyl sites for hydroxylation is 1. The van der Waals surface area contributed by atoms with E-state index in [0.29, 0.717) is 11.8 Å². The third-order valence-corrected chi connectivity index (χ3v) is 2.59. The number of carbonyl (C=O) groups excluding carboxylic acids is 1. The first-order valence-corrected chi connectivity index (χ1v) is 5.67. The topological polar surface area (TPSA) is 39.2 Å². The molecule has 0 saturated carbocycles. The van der Waals surface area contributed by atoms with Gasteiger partial charge in [-0.15, -0.1) is 13.2 Å². The Morgan fingerprint density at radius 2 is 1.85 bits per heavy atom. The molecule has 0 saturated heterocycles. The van der Waals surface area contributed by atoms with E-state index >= 15 is 0 Å². The molecule has 20 heavy (non-hydrogen) atoms. The van der Waals surface area contributed by atoms with Gasteiger partial charge in [-0.25, -0.2) is 0 Å². The number of aldehydes is 1. The number of carbonyl (C=O) groups is 1. The van der Waals surface area contributed by atoms with E-state index in [9.17, 15) is 18.0 Å². The number of aromatic nitrogens is 1. The van der Waals surface area contributed by atoms with Crippen LogP contribution in [0, 0.1) is 6.92 Å². The molecule has 1 aromatic carbocycles. The van der Waals surface area contributed by atoms with Crippen LogP contribution in [0.2, 0.25) is 0 Å². The fraction of sp³-hybridized carbons (Fsp3) is 0.143. The zero-order chi connectivity index (χ0) is 14.8. The Morgan fingerprint density at radius 3 is 2.45 bits per heavy atom. The number of nitrogens with zero attached hydrogens (tertiary/aromatic N) is 1. The molecule has 0 spiro atoms. The monoisotopic (exact) mass is 281 g/mol. The van der Waals surface area contributed by atoms with Crippen molar-refractivity contribution in [3.63, 3.8) is 0 Å². The smallest absolute Gasteiger partial charge is 0.405 e. The molecule has 1 heterocycles. The molecule has 0 N–H and O–H groups in total. The number of benzene rings is 1. The van der Waals surface area contributed by atoms with Crippen molar-refractivity contribution in [1.29, 1.82) is 0 Å². The Bertz CT molecular complexity index is 639. The van der Waals surface area contributed by atoms with Crippen LogP contribution in [-0.2, 0) is 0 Å². The molecule has 104 valence electrons. The lowest BCUT2D eigenvalue weighted by molar-refractivity contribution is -0.274. The van der Waals surface area contributed by atoms with Gasteiger partial charge in [0, 0.05) is 11.9 Å². The minimum absolute atomic E-state index is 0.158. The second-order valence-electron chi connectivity index (χ2n) is 4.10. The number of pyridine rings is 1. The molecule has 1 aromatic heterocycles. The lowest BCUT2D eigenvalue weighted by Gasteiger charge is -2.12. The molecule has 0 bridgehead atoms. The maximum absolute atomic E-state index is 12.2. The highest BCUT2D eigenvalue weighted by atomic mass is 19.4. The van der Waals surface area contributed by atoms with Crippen molar-refractivity contribution in [1.82, 2.24) is 4.98 Å². The molecule has 6 heteroatoms. The van der Waals surface area contributed by atoms with Crippen LogP contribution in [0.25, 0.3) is 11.1 Å². The first-order chi connectivity index (χ1) is 9.39. The summed E-state index contributed by atoms with van der Waals surface area (Å²) >= 11 is 0. The summed E-state index contributed by atoms with van der Waals surface area (Å²) < 4.78 is 40.4. The molecule has 2 rings (SSSR count). The summed E-state index contributed by atoms with van der Waals surface area (Å²) in [4.78, 5) is 14.9. The number of alkyl halides is 3. The Balaban J connectivity index is 2.41. The van der Waals surface area contributed by atoms with Crippen LogP contribution in [-0.4, -0.2) is 17.6 Å². The van der Waals surface area contributed by atoms with Gasteiger partial charge in [0.05, 0.1) is 5.56 Å². The molecule has 0 fully saturated rings. The van der Waals surface area contributed by atoms with Gasteiger partial charge in [-0.2, -0.15) is 0 Å². The first kappa shape index (κ1) is 14.0. The standard InChI is InChI=1S/C14H10F3NO2/c1-9-6-11(4-5-18-9)10-2-3-13(12(7-10)8-19)20-14(15,16)17/h2-8H,1H3. The normalized spacial score (nSPS) is 11.2. The van der Waals surface area contributed by atoms with Crippen LogP contribution in [0.15, 0.2) is 36.5 Å². The van der Waals surface area contributed by atoms with E-state index in [4.69, 9.17) is 0 Å². The molecule has 0 aliphatic rings. The van der Waals surface area contributed by atoms with E-state index in [0.717, 1.165) is 17.3 Å². The van der Waals surface area contributed by atoms with Crippen molar-refractivity contribution in [3.8, 4) is 16.9 Å². The van der Waals surface area contributed by atoms with Crippen LogP contribution in [0.1, 0.15) is 16.1 Å². The second kappa shape index (κ2) is 5.32. The average molecular weight is 281 g/mol. The largest absolute Gasteiger partial charge is 0.573 e. The fourth-order valence-corrected chi connectivity index (χ4v) is 1.76. The molecule has 3 nitrogen and oxygen atoms in total. The van der Waals surface area contributed by atoms with Gasteiger partial charge in [0.25, 0.3) is 0 Å². The van der Waals surface area contributed by atoms with E-state index in [1.54, 1.807) is 25.3 Å². The van der Waals surface area contributed by atoms with Crippen LogP contribution in [0.3, 0.4) is 0 Å². The highest BCUT2D eigenvalue weighted by Crippen LogP contribution is 2.29. The average Bonchev–Trinajstić information content (AvgIpc) is 2.37. The zero-order valence-corrected chi connectivity index (χ0v) is 10.4. The number of halogens is 3. The number of hydrogen-bond donors (Lipinski definition) is 0. The number of hydrogen-bond acceptors (Lipinski definition) is 3. The van der Waals surface area contributed by atoms with E-state index < -0.39 is 12.1 Å². The summed E-state index contributed by atoms with van der Waals surface area (Å²) in [6.45, 7) is 1.80. The van der Waals surface area contributed by atoms with Crippen molar-refractivity contribution in [2.24, 2.45) is 0 Å². The lowest BCUT2D eigenvalue weighted by atomic mass is 10.0. The highest BCUT2D eigenvalue weighted by Gasteiger charge is 2.32. The maximum atomic E-state index is 12.2. The minimum atomic E-state index is -4.83. The Morgan fingerprint density at radius 1 is 1.15 bits per heavy atom. The summed E-state index contributed by atoms with van der Waals surface area (Å²) in [5.41, 5.74) is 1.99. The third kappa shape index (κ3) is 3.34. The summed E-state index contributed by atoms with van der Waals surface area (Å²) in [5, 5.41) is 0. The van der Waals surface area contributed by atoms with Crippen LogP contribution < -0.4 is 4.74 Å². The number of ether oxygens (including phenoxy) is 1. The van der Waals surface area contributed by atoms with Gasteiger partial charge in [-0.1, -0.05) is 6.07 Å². The van der Waals surface area contributed by atoms with Crippen molar-refractivity contribution in [2.75, 3.05) is 0 Å². The highest BCUT2D eigenvalue weighted by molar-refractivity contribution is 5.83. The first-order valence-electron chi connectivity index (χ1n) is 5.67. The fourth-order valence-electron chi connectivity index (χ4n) is 1.76. The van der Waals surface area contributed by atoms with E-state index in [1.165, 1.54) is 12.1 Å². The molecule has 0 aliphatic carbocycles. The van der Waals surface area contributed by atoms with Gasteiger partial charge in [0.15, 0.2) is 6.29 Å². The predicted octanol–water partition coefficient (Wildman–Crippen LogP) is 3.77. The van der Waals surface area contributed by atoms with Gasteiger partial charge in [-0.3, -0.25) is 9.78 Å². The second-order valence-corrected chi connectivity index (χ2v) is 4.10. The van der Waals surface area contributed by atoms with Gasteiger partial charge in [0.1, 0.15) is 5.75 Å².